The van der Waals surface area contributed by atoms with Gasteiger partial charge < -0.3 is 15.5 Å². The van der Waals surface area contributed by atoms with Crippen molar-refractivity contribution in [3.05, 3.63) is 70.8 Å². The first-order valence-electron chi connectivity index (χ1n) is 12.1. The number of likely N-dealkylation sites (tertiary alicyclic amines) is 1. The number of nitrogens with one attached hydrogen (secondary N) is 2. The van der Waals surface area contributed by atoms with Gasteiger partial charge in [-0.15, -0.1) is 0 Å². The molecule has 2 aliphatic heterocycles. The number of hydrogen-bond acceptors (Lipinski definition) is 4. The van der Waals surface area contributed by atoms with Gasteiger partial charge in [0.05, 0.1) is 0 Å². The summed E-state index contributed by atoms with van der Waals surface area (Å²) in [4.78, 5) is 53.4. The molecule has 4 rings (SSSR count). The van der Waals surface area contributed by atoms with Crippen molar-refractivity contribution >= 4 is 23.8 Å². The fourth-order valence-electron chi connectivity index (χ4n) is 4.51. The zero-order valence-corrected chi connectivity index (χ0v) is 20.5. The Balaban J connectivity index is 1.33. The summed E-state index contributed by atoms with van der Waals surface area (Å²) < 4.78 is 0. The van der Waals surface area contributed by atoms with Crippen LogP contribution in [0.1, 0.15) is 66.6 Å². The van der Waals surface area contributed by atoms with Gasteiger partial charge in [0.1, 0.15) is 12.1 Å². The van der Waals surface area contributed by atoms with Gasteiger partial charge >= 0.3 is 6.03 Å². The monoisotopic (exact) mass is 476 g/mol. The molecule has 2 N–H and O–H groups in total. The predicted molar refractivity (Wildman–Crippen MR) is 132 cm³/mol. The van der Waals surface area contributed by atoms with Crippen molar-refractivity contribution in [3.8, 4) is 0 Å². The van der Waals surface area contributed by atoms with Crippen molar-refractivity contribution in [2.24, 2.45) is 0 Å². The molecule has 8 nitrogen and oxygen atoms in total. The van der Waals surface area contributed by atoms with Gasteiger partial charge in [-0.1, -0.05) is 50.2 Å². The van der Waals surface area contributed by atoms with Crippen LogP contribution in [-0.4, -0.2) is 53.2 Å². The summed E-state index contributed by atoms with van der Waals surface area (Å²) in [6.07, 6.45) is 2.08. The minimum atomic E-state index is -1.22. The van der Waals surface area contributed by atoms with E-state index < -0.39 is 23.4 Å². The average Bonchev–Trinajstić information content (AvgIpc) is 3.47. The highest BCUT2D eigenvalue weighted by Crippen LogP contribution is 2.29. The highest BCUT2D eigenvalue weighted by Gasteiger charge is 2.49. The fourth-order valence-corrected chi connectivity index (χ4v) is 4.51. The highest BCUT2D eigenvalue weighted by molar-refractivity contribution is 6.09. The summed E-state index contributed by atoms with van der Waals surface area (Å²) in [5.74, 6) is -0.518. The first kappa shape index (κ1) is 24.4. The molecule has 1 unspecified atom stereocenters. The third kappa shape index (κ3) is 5.06. The molecule has 0 saturated carbocycles. The molecule has 0 radical (unpaired) electrons. The molecule has 0 aliphatic carbocycles. The van der Waals surface area contributed by atoms with Crippen LogP contribution in [0.5, 0.6) is 0 Å². The largest absolute Gasteiger partial charge is 0.350 e. The van der Waals surface area contributed by atoms with E-state index in [1.54, 1.807) is 31.2 Å². The number of nitrogens with zero attached hydrogens (tertiary/aromatic N) is 2. The van der Waals surface area contributed by atoms with Crippen molar-refractivity contribution in [2.75, 3.05) is 19.6 Å². The molecule has 2 aliphatic rings. The smallest absolute Gasteiger partial charge is 0.325 e. The summed E-state index contributed by atoms with van der Waals surface area (Å²) in [6.45, 7) is 7.28. The Hall–Kier alpha value is -3.68. The van der Waals surface area contributed by atoms with E-state index >= 15 is 0 Å². The van der Waals surface area contributed by atoms with Gasteiger partial charge in [0, 0.05) is 25.2 Å². The quantitative estimate of drug-likeness (QED) is 0.600. The van der Waals surface area contributed by atoms with E-state index in [1.807, 2.05) is 29.2 Å². The zero-order valence-electron chi connectivity index (χ0n) is 20.5. The van der Waals surface area contributed by atoms with Crippen LogP contribution in [0.25, 0.3) is 0 Å². The van der Waals surface area contributed by atoms with Crippen molar-refractivity contribution in [1.82, 2.24) is 20.4 Å². The summed E-state index contributed by atoms with van der Waals surface area (Å²) in [5, 5.41) is 5.49. The lowest BCUT2D eigenvalue weighted by molar-refractivity contribution is -0.134. The summed E-state index contributed by atoms with van der Waals surface area (Å²) in [5.41, 5.74) is 2.04. The van der Waals surface area contributed by atoms with Crippen LogP contribution in [0.4, 0.5) is 4.79 Å². The zero-order chi connectivity index (χ0) is 25.2. The lowest BCUT2D eigenvalue weighted by Gasteiger charge is -2.22. The van der Waals surface area contributed by atoms with Crippen molar-refractivity contribution in [2.45, 2.75) is 51.6 Å². The second-order valence-electron chi connectivity index (χ2n) is 9.70. The Bertz CT molecular complexity index is 1120. The molecule has 0 spiro atoms. The second-order valence-corrected chi connectivity index (χ2v) is 9.70. The van der Waals surface area contributed by atoms with Gasteiger partial charge in [0.2, 0.25) is 5.91 Å². The minimum Gasteiger partial charge on any atom is -0.350 e. The van der Waals surface area contributed by atoms with Gasteiger partial charge in [-0.3, -0.25) is 19.3 Å². The van der Waals surface area contributed by atoms with Crippen LogP contribution in [-0.2, 0) is 21.7 Å². The molecule has 2 heterocycles. The lowest BCUT2D eigenvalue weighted by Crippen LogP contribution is -2.43. The van der Waals surface area contributed by atoms with Crippen LogP contribution in [0, 0.1) is 0 Å². The topological polar surface area (TPSA) is 98.8 Å². The van der Waals surface area contributed by atoms with E-state index in [1.165, 1.54) is 0 Å². The summed E-state index contributed by atoms with van der Waals surface area (Å²) >= 11 is 0. The van der Waals surface area contributed by atoms with E-state index in [9.17, 15) is 19.2 Å². The van der Waals surface area contributed by atoms with Crippen LogP contribution in [0.15, 0.2) is 48.5 Å². The Morgan fingerprint density at radius 3 is 2.23 bits per heavy atom. The number of benzene rings is 2. The molecule has 5 amide bonds. The second kappa shape index (κ2) is 9.90. The molecule has 8 heteroatoms. The first-order chi connectivity index (χ1) is 16.7. The lowest BCUT2D eigenvalue weighted by atomic mass is 9.90. The maximum absolute atomic E-state index is 13.1. The molecule has 2 fully saturated rings. The maximum Gasteiger partial charge on any atom is 0.325 e. The predicted octanol–water partition coefficient (Wildman–Crippen LogP) is 3.13. The van der Waals surface area contributed by atoms with Gasteiger partial charge in [-0.25, -0.2) is 4.79 Å². The van der Waals surface area contributed by atoms with E-state index in [0.717, 1.165) is 42.0 Å². The highest BCUT2D eigenvalue weighted by atomic mass is 16.2. The van der Waals surface area contributed by atoms with Crippen LogP contribution in [0.3, 0.4) is 0 Å². The minimum absolute atomic E-state index is 0.0264. The number of amides is 5. The Morgan fingerprint density at radius 2 is 1.63 bits per heavy atom. The average molecular weight is 477 g/mol. The normalized spacial score (nSPS) is 19.9. The van der Waals surface area contributed by atoms with Gasteiger partial charge in [0.15, 0.2) is 0 Å². The number of rotatable bonds is 7. The molecule has 2 saturated heterocycles. The SMILES string of the molecule is CC(C)c1ccc(C2(C)NC(=O)N(CC(=O)NCc3ccc(C(=O)N4CCCC4)cc3)C2=O)cc1. The van der Waals surface area contributed by atoms with Crippen molar-refractivity contribution in [3.63, 3.8) is 0 Å². The molecule has 0 aromatic heterocycles. The van der Waals surface area contributed by atoms with Crippen LogP contribution in [0.2, 0.25) is 0 Å². The van der Waals surface area contributed by atoms with E-state index in [4.69, 9.17) is 0 Å². The van der Waals surface area contributed by atoms with E-state index in [0.29, 0.717) is 17.0 Å². The van der Waals surface area contributed by atoms with Crippen molar-refractivity contribution < 1.29 is 19.2 Å². The standard InChI is InChI=1S/C27H32N4O4/c1-18(2)20-10-12-22(13-11-20)27(3)25(34)31(26(35)29-27)17-23(32)28-16-19-6-8-21(9-7-19)24(33)30-14-4-5-15-30/h6-13,18H,4-5,14-17H2,1-3H3,(H,28,32)(H,29,35). The maximum atomic E-state index is 13.1. The summed E-state index contributed by atoms with van der Waals surface area (Å²) in [6, 6.07) is 14.1. The Labute approximate surface area is 205 Å². The first-order valence-corrected chi connectivity index (χ1v) is 12.1. The fraction of sp³-hybridized carbons (Fsp3) is 0.407. The van der Waals surface area contributed by atoms with Gasteiger partial charge in [-0.2, -0.15) is 0 Å². The molecule has 0 bridgehead atoms. The van der Waals surface area contributed by atoms with Gasteiger partial charge in [-0.05, 0) is 54.5 Å². The van der Waals surface area contributed by atoms with E-state index in [-0.39, 0.29) is 19.0 Å². The molecule has 35 heavy (non-hydrogen) atoms. The number of urea groups is 1. The van der Waals surface area contributed by atoms with Crippen molar-refractivity contribution in [1.29, 1.82) is 0 Å². The van der Waals surface area contributed by atoms with Crippen LogP contribution >= 0.6 is 0 Å². The number of carbonyl (C=O) groups is 4. The molecular weight excluding hydrogens is 444 g/mol. The Kier molecular flexibility index (Phi) is 6.91. The molecule has 184 valence electrons. The number of imide groups is 1. The number of hydrogen-bond donors (Lipinski definition) is 2. The molecule has 2 aromatic carbocycles. The van der Waals surface area contributed by atoms with Gasteiger partial charge in [0.25, 0.3) is 11.8 Å². The molecular formula is C27H32N4O4. The Morgan fingerprint density at radius 1 is 1.00 bits per heavy atom. The third-order valence-electron chi connectivity index (χ3n) is 6.82. The molecule has 2 aromatic rings. The summed E-state index contributed by atoms with van der Waals surface area (Å²) in [7, 11) is 0. The molecule has 1 atom stereocenters. The van der Waals surface area contributed by atoms with E-state index in [2.05, 4.69) is 24.5 Å². The third-order valence-corrected chi connectivity index (χ3v) is 6.82. The number of carbonyl (C=O) groups excluding carboxylic acids is 4. The van der Waals surface area contributed by atoms with Crippen LogP contribution < -0.4 is 10.6 Å².